The number of carbonyl (C=O) groups excluding carboxylic acids is 1. The third kappa shape index (κ3) is 10.3. The second-order valence-electron chi connectivity index (χ2n) is 5.61. The smallest absolute Gasteiger partial charge is 0.309 e. The molecule has 0 fully saturated rings. The fraction of sp³-hybridized carbons (Fsp3) is 0.750. The summed E-state index contributed by atoms with van der Waals surface area (Å²) in [6.45, 7) is 2.85. The molecule has 0 aromatic rings. The SMILES string of the molecule is CCCCCC/C=C/[N+](CCO)(CCC(=O)[O-])CCC(=O)O. The predicted octanol–water partition coefficient (Wildman–Crippen LogP) is 0.894. The molecule has 0 saturated heterocycles. The molecule has 0 aromatic heterocycles. The summed E-state index contributed by atoms with van der Waals surface area (Å²) >= 11 is 0. The molecule has 1 atom stereocenters. The molecule has 0 aliphatic heterocycles. The van der Waals surface area contributed by atoms with Gasteiger partial charge in [0.05, 0.1) is 32.3 Å². The summed E-state index contributed by atoms with van der Waals surface area (Å²) in [4.78, 5) is 21.5. The molecular formula is C16H29NO5. The van der Waals surface area contributed by atoms with Crippen molar-refractivity contribution < 1.29 is 29.4 Å². The van der Waals surface area contributed by atoms with Crippen LogP contribution in [0, 0.1) is 0 Å². The molecular weight excluding hydrogens is 286 g/mol. The summed E-state index contributed by atoms with van der Waals surface area (Å²) < 4.78 is 0.171. The number of carbonyl (C=O) groups is 2. The van der Waals surface area contributed by atoms with Crippen molar-refractivity contribution in [3.63, 3.8) is 0 Å². The lowest BCUT2D eigenvalue weighted by Gasteiger charge is -2.34. The van der Waals surface area contributed by atoms with Crippen LogP contribution in [0.3, 0.4) is 0 Å². The maximum atomic E-state index is 10.8. The lowest BCUT2D eigenvalue weighted by molar-refractivity contribution is -0.879. The maximum absolute atomic E-state index is 10.8. The molecule has 0 saturated carbocycles. The van der Waals surface area contributed by atoms with Crippen molar-refractivity contribution in [2.24, 2.45) is 0 Å². The quantitative estimate of drug-likeness (QED) is 0.366. The number of hydrogen-bond acceptors (Lipinski definition) is 4. The first-order chi connectivity index (χ1) is 10.5. The Balaban J connectivity index is 4.71. The zero-order valence-electron chi connectivity index (χ0n) is 13.5. The average molecular weight is 315 g/mol. The Kier molecular flexibility index (Phi) is 11.4. The molecule has 0 aliphatic rings. The van der Waals surface area contributed by atoms with Crippen LogP contribution in [-0.2, 0) is 9.59 Å². The van der Waals surface area contributed by atoms with Crippen LogP contribution in [0.5, 0.6) is 0 Å². The molecule has 0 spiro atoms. The molecule has 0 bridgehead atoms. The number of carboxylic acid groups (broad SMARTS) is 2. The molecule has 0 aliphatic carbocycles. The molecule has 0 amide bonds. The zero-order chi connectivity index (χ0) is 16.8. The van der Waals surface area contributed by atoms with Gasteiger partial charge < -0.3 is 20.1 Å². The van der Waals surface area contributed by atoms with Crippen molar-refractivity contribution in [2.75, 3.05) is 26.2 Å². The third-order valence-corrected chi connectivity index (χ3v) is 3.72. The van der Waals surface area contributed by atoms with E-state index in [4.69, 9.17) is 5.11 Å². The Morgan fingerprint density at radius 3 is 2.32 bits per heavy atom. The number of unbranched alkanes of at least 4 members (excludes halogenated alkanes) is 4. The predicted molar refractivity (Wildman–Crippen MR) is 81.7 cm³/mol. The van der Waals surface area contributed by atoms with Gasteiger partial charge in [-0.2, -0.15) is 0 Å². The van der Waals surface area contributed by atoms with E-state index in [1.807, 2.05) is 12.3 Å². The highest BCUT2D eigenvalue weighted by Crippen LogP contribution is 2.13. The van der Waals surface area contributed by atoms with E-state index in [1.165, 1.54) is 12.8 Å². The van der Waals surface area contributed by atoms with Crippen molar-refractivity contribution in [1.82, 2.24) is 0 Å². The molecule has 0 rings (SSSR count). The highest BCUT2D eigenvalue weighted by atomic mass is 16.4. The Morgan fingerprint density at radius 1 is 1.09 bits per heavy atom. The van der Waals surface area contributed by atoms with Crippen LogP contribution in [0.1, 0.15) is 51.9 Å². The van der Waals surface area contributed by atoms with Crippen molar-refractivity contribution in [3.05, 3.63) is 12.3 Å². The monoisotopic (exact) mass is 315 g/mol. The molecule has 0 radical (unpaired) electrons. The maximum Gasteiger partial charge on any atom is 0.309 e. The first kappa shape index (κ1) is 20.6. The molecule has 6 heteroatoms. The summed E-state index contributed by atoms with van der Waals surface area (Å²) in [5.41, 5.74) is 0. The lowest BCUT2D eigenvalue weighted by Crippen LogP contribution is -2.48. The second kappa shape index (κ2) is 12.2. The van der Waals surface area contributed by atoms with E-state index in [0.717, 1.165) is 19.3 Å². The van der Waals surface area contributed by atoms with Gasteiger partial charge in [0.2, 0.25) is 0 Å². The molecule has 2 N–H and O–H groups in total. The Hall–Kier alpha value is -1.40. The van der Waals surface area contributed by atoms with Gasteiger partial charge in [-0.25, -0.2) is 0 Å². The standard InChI is InChI=1S/C16H29NO5/c1-2-3-4-5-6-7-10-17(13-14-18,11-8-15(19)20)12-9-16(21)22/h7,10,18H,2-6,8-9,11-14H2,1H3,(H-,19,20,21,22)/b10-7+. The summed E-state index contributed by atoms with van der Waals surface area (Å²) in [5.74, 6) is -2.09. The molecule has 22 heavy (non-hydrogen) atoms. The number of nitrogens with zero attached hydrogens (tertiary/aromatic N) is 1. The minimum Gasteiger partial charge on any atom is -0.550 e. The van der Waals surface area contributed by atoms with Gasteiger partial charge in [-0.15, -0.1) is 0 Å². The van der Waals surface area contributed by atoms with Crippen molar-refractivity contribution in [3.8, 4) is 0 Å². The highest BCUT2D eigenvalue weighted by molar-refractivity contribution is 5.66. The van der Waals surface area contributed by atoms with Crippen LogP contribution in [0.4, 0.5) is 0 Å². The number of carboxylic acids is 2. The van der Waals surface area contributed by atoms with Gasteiger partial charge in [-0.3, -0.25) is 9.28 Å². The van der Waals surface area contributed by atoms with Crippen LogP contribution in [-0.4, -0.2) is 52.9 Å². The number of quaternary nitrogens is 1. The number of aliphatic hydroxyl groups excluding tert-OH is 1. The van der Waals surface area contributed by atoms with Gasteiger partial charge in [-0.1, -0.05) is 26.2 Å². The Bertz CT molecular complexity index is 336. The van der Waals surface area contributed by atoms with Gasteiger partial charge in [0.15, 0.2) is 0 Å². The summed E-state index contributed by atoms with van der Waals surface area (Å²) in [7, 11) is 0. The molecule has 128 valence electrons. The van der Waals surface area contributed by atoms with Gasteiger partial charge in [0.25, 0.3) is 0 Å². The molecule has 0 aromatic carbocycles. The van der Waals surface area contributed by atoms with E-state index < -0.39 is 11.9 Å². The lowest BCUT2D eigenvalue weighted by atomic mass is 10.1. The van der Waals surface area contributed by atoms with E-state index in [-0.39, 0.29) is 37.0 Å². The van der Waals surface area contributed by atoms with Crippen LogP contribution < -0.4 is 5.11 Å². The van der Waals surface area contributed by atoms with Gasteiger partial charge in [-0.05, 0) is 18.9 Å². The normalized spacial score (nSPS) is 14.1. The minimum absolute atomic E-state index is 0.0623. The van der Waals surface area contributed by atoms with Crippen LogP contribution in [0.2, 0.25) is 0 Å². The van der Waals surface area contributed by atoms with Crippen LogP contribution in [0.25, 0.3) is 0 Å². The van der Waals surface area contributed by atoms with Gasteiger partial charge in [0, 0.05) is 12.4 Å². The number of hydrogen-bond donors (Lipinski definition) is 2. The summed E-state index contributed by atoms with van der Waals surface area (Å²) in [6, 6.07) is 0. The Labute approximate surface area is 132 Å². The number of aliphatic hydroxyl groups is 1. The molecule has 6 nitrogen and oxygen atoms in total. The number of allylic oxidation sites excluding steroid dienone is 1. The van der Waals surface area contributed by atoms with E-state index in [2.05, 4.69) is 6.92 Å². The topological polar surface area (TPSA) is 97.7 Å². The highest BCUT2D eigenvalue weighted by Gasteiger charge is 2.25. The first-order valence-corrected chi connectivity index (χ1v) is 8.01. The largest absolute Gasteiger partial charge is 0.550 e. The van der Waals surface area contributed by atoms with Crippen molar-refractivity contribution >= 4 is 11.9 Å². The van der Waals surface area contributed by atoms with Crippen molar-refractivity contribution in [2.45, 2.75) is 51.9 Å². The van der Waals surface area contributed by atoms with Crippen molar-refractivity contribution in [1.29, 1.82) is 0 Å². The summed E-state index contributed by atoms with van der Waals surface area (Å²) in [6.07, 6.45) is 9.05. The second-order valence-corrected chi connectivity index (χ2v) is 5.61. The fourth-order valence-corrected chi connectivity index (χ4v) is 2.38. The fourth-order valence-electron chi connectivity index (χ4n) is 2.38. The number of aliphatic carboxylic acids is 2. The zero-order valence-corrected chi connectivity index (χ0v) is 13.5. The summed E-state index contributed by atoms with van der Waals surface area (Å²) in [5, 5.41) is 28.8. The van der Waals surface area contributed by atoms with Gasteiger partial charge in [0.1, 0.15) is 6.54 Å². The van der Waals surface area contributed by atoms with E-state index in [1.54, 1.807) is 0 Å². The molecule has 1 unspecified atom stereocenters. The van der Waals surface area contributed by atoms with Crippen LogP contribution >= 0.6 is 0 Å². The minimum atomic E-state index is -1.16. The number of rotatable bonds is 14. The first-order valence-electron chi connectivity index (χ1n) is 8.01. The van der Waals surface area contributed by atoms with Gasteiger partial charge >= 0.3 is 5.97 Å². The van der Waals surface area contributed by atoms with E-state index >= 15 is 0 Å². The third-order valence-electron chi connectivity index (χ3n) is 3.72. The Morgan fingerprint density at radius 2 is 1.77 bits per heavy atom. The van der Waals surface area contributed by atoms with Crippen LogP contribution in [0.15, 0.2) is 12.3 Å². The van der Waals surface area contributed by atoms with E-state index in [9.17, 15) is 19.8 Å². The van der Waals surface area contributed by atoms with E-state index in [0.29, 0.717) is 6.54 Å². The molecule has 0 heterocycles. The average Bonchev–Trinajstić information content (AvgIpc) is 2.46.